The second-order valence-corrected chi connectivity index (χ2v) is 7.14. The van der Waals surface area contributed by atoms with Gasteiger partial charge < -0.3 is 15.3 Å². The summed E-state index contributed by atoms with van der Waals surface area (Å²) in [5.74, 6) is -2.29. The first-order chi connectivity index (χ1) is 12.4. The summed E-state index contributed by atoms with van der Waals surface area (Å²) in [6.07, 6.45) is 1.18. The molecule has 1 atom stereocenters. The Kier molecular flexibility index (Phi) is 5.27. The number of likely N-dealkylation sites (tertiary alicyclic amines) is 1. The van der Waals surface area contributed by atoms with Gasteiger partial charge in [0, 0.05) is 18.8 Å². The van der Waals surface area contributed by atoms with Gasteiger partial charge in [0.1, 0.15) is 0 Å². The van der Waals surface area contributed by atoms with Crippen molar-refractivity contribution in [2.75, 3.05) is 18.4 Å². The smallest absolute Gasteiger partial charge is 0.308 e. The first kappa shape index (κ1) is 18.0. The lowest BCUT2D eigenvalue weighted by Gasteiger charge is -2.29. The Hall–Kier alpha value is -2.81. The van der Waals surface area contributed by atoms with Crippen molar-refractivity contribution in [3.63, 3.8) is 0 Å². The average molecular weight is 374 g/mol. The quantitative estimate of drug-likeness (QED) is 0.847. The highest BCUT2D eigenvalue weighted by Crippen LogP contribution is 2.21. The molecule has 26 heavy (non-hydrogen) atoms. The zero-order chi connectivity index (χ0) is 18.7. The van der Waals surface area contributed by atoms with E-state index in [1.54, 1.807) is 12.1 Å². The standard InChI is InChI=1S/C17H18N4O4S/c1-10-4-6-12(7-5-10)18-13(22)14-19-20-15(26-14)16(23)21-8-2-3-11(9-21)17(24)25/h4-7,11H,2-3,8-9H2,1H3,(H,18,22)(H,24,25)/t11-/m1/s1. The fraction of sp³-hybridized carbons (Fsp3) is 0.353. The van der Waals surface area contributed by atoms with Crippen molar-refractivity contribution >= 4 is 34.8 Å². The molecular formula is C17H18N4O4S. The van der Waals surface area contributed by atoms with Crippen LogP contribution >= 0.6 is 11.3 Å². The van der Waals surface area contributed by atoms with E-state index in [1.807, 2.05) is 19.1 Å². The SMILES string of the molecule is Cc1ccc(NC(=O)c2nnc(C(=O)N3CCC[C@@H](C(=O)O)C3)s2)cc1. The number of nitrogens with one attached hydrogen (secondary N) is 1. The summed E-state index contributed by atoms with van der Waals surface area (Å²) in [5, 5.41) is 19.6. The molecule has 2 amide bonds. The summed E-state index contributed by atoms with van der Waals surface area (Å²) >= 11 is 0.902. The second kappa shape index (κ2) is 7.61. The molecule has 1 fully saturated rings. The molecule has 0 aliphatic carbocycles. The van der Waals surface area contributed by atoms with E-state index in [1.165, 1.54) is 4.90 Å². The van der Waals surface area contributed by atoms with Crippen LogP contribution in [0.25, 0.3) is 0 Å². The number of carbonyl (C=O) groups excluding carboxylic acids is 2. The van der Waals surface area contributed by atoms with Gasteiger partial charge in [-0.3, -0.25) is 14.4 Å². The molecule has 1 aliphatic rings. The summed E-state index contributed by atoms with van der Waals surface area (Å²) in [5.41, 5.74) is 1.71. The number of carboxylic acids is 1. The highest BCUT2D eigenvalue weighted by molar-refractivity contribution is 7.15. The lowest BCUT2D eigenvalue weighted by Crippen LogP contribution is -2.42. The van der Waals surface area contributed by atoms with Crippen LogP contribution in [0.5, 0.6) is 0 Å². The number of hydrogen-bond donors (Lipinski definition) is 2. The average Bonchev–Trinajstić information content (AvgIpc) is 3.13. The van der Waals surface area contributed by atoms with Crippen LogP contribution in [0.2, 0.25) is 0 Å². The molecule has 3 rings (SSSR count). The maximum Gasteiger partial charge on any atom is 0.308 e. The summed E-state index contributed by atoms with van der Waals surface area (Å²) in [7, 11) is 0. The molecule has 136 valence electrons. The molecule has 2 N–H and O–H groups in total. The molecule has 0 radical (unpaired) electrons. The van der Waals surface area contributed by atoms with Crippen LogP contribution in [-0.4, -0.2) is 51.1 Å². The normalized spacial score (nSPS) is 17.0. The first-order valence-electron chi connectivity index (χ1n) is 8.17. The number of carboxylic acid groups (broad SMARTS) is 1. The zero-order valence-corrected chi connectivity index (χ0v) is 15.0. The monoisotopic (exact) mass is 374 g/mol. The third kappa shape index (κ3) is 4.05. The summed E-state index contributed by atoms with van der Waals surface area (Å²) < 4.78 is 0. The van der Waals surface area contributed by atoms with Gasteiger partial charge >= 0.3 is 5.97 Å². The van der Waals surface area contributed by atoms with E-state index in [4.69, 9.17) is 5.11 Å². The molecule has 1 aromatic heterocycles. The van der Waals surface area contributed by atoms with Crippen LogP contribution in [0.15, 0.2) is 24.3 Å². The maximum absolute atomic E-state index is 12.5. The lowest BCUT2D eigenvalue weighted by molar-refractivity contribution is -0.143. The molecule has 2 heterocycles. The Bertz CT molecular complexity index is 834. The molecule has 0 spiro atoms. The van der Waals surface area contributed by atoms with E-state index in [2.05, 4.69) is 15.5 Å². The van der Waals surface area contributed by atoms with Gasteiger partial charge in [0.05, 0.1) is 5.92 Å². The van der Waals surface area contributed by atoms with Gasteiger partial charge in [-0.15, -0.1) is 10.2 Å². The van der Waals surface area contributed by atoms with E-state index in [0.717, 1.165) is 16.9 Å². The molecule has 1 aliphatic heterocycles. The van der Waals surface area contributed by atoms with Crippen LogP contribution < -0.4 is 5.32 Å². The Balaban J connectivity index is 1.66. The van der Waals surface area contributed by atoms with Gasteiger partial charge in [-0.1, -0.05) is 29.0 Å². The Morgan fingerprint density at radius 3 is 2.58 bits per heavy atom. The van der Waals surface area contributed by atoms with Crippen molar-refractivity contribution in [1.82, 2.24) is 15.1 Å². The largest absolute Gasteiger partial charge is 0.481 e. The van der Waals surface area contributed by atoms with E-state index < -0.39 is 17.8 Å². The zero-order valence-electron chi connectivity index (χ0n) is 14.1. The fourth-order valence-electron chi connectivity index (χ4n) is 2.72. The molecule has 0 unspecified atom stereocenters. The van der Waals surface area contributed by atoms with Crippen molar-refractivity contribution in [3.05, 3.63) is 39.8 Å². The van der Waals surface area contributed by atoms with Crippen molar-refractivity contribution in [1.29, 1.82) is 0 Å². The van der Waals surface area contributed by atoms with E-state index in [-0.39, 0.29) is 22.5 Å². The molecule has 8 nitrogen and oxygen atoms in total. The predicted octanol–water partition coefficient (Wildman–Crippen LogP) is 2.04. The van der Waals surface area contributed by atoms with Gasteiger partial charge in [0.2, 0.25) is 10.0 Å². The highest BCUT2D eigenvalue weighted by Gasteiger charge is 2.30. The summed E-state index contributed by atoms with van der Waals surface area (Å²) in [6.45, 7) is 2.58. The van der Waals surface area contributed by atoms with E-state index >= 15 is 0 Å². The number of aliphatic carboxylic acids is 1. The van der Waals surface area contributed by atoms with Crippen molar-refractivity contribution in [2.24, 2.45) is 5.92 Å². The molecule has 0 bridgehead atoms. The van der Waals surface area contributed by atoms with Gasteiger partial charge in [0.25, 0.3) is 11.8 Å². The van der Waals surface area contributed by atoms with Crippen molar-refractivity contribution in [2.45, 2.75) is 19.8 Å². The van der Waals surface area contributed by atoms with E-state index in [9.17, 15) is 14.4 Å². The molecule has 9 heteroatoms. The minimum atomic E-state index is -0.905. The number of anilines is 1. The van der Waals surface area contributed by atoms with E-state index in [0.29, 0.717) is 25.1 Å². The van der Waals surface area contributed by atoms with Crippen LogP contribution in [0.4, 0.5) is 5.69 Å². The van der Waals surface area contributed by atoms with Gasteiger partial charge in [-0.2, -0.15) is 0 Å². The summed E-state index contributed by atoms with van der Waals surface area (Å²) in [4.78, 5) is 37.3. The van der Waals surface area contributed by atoms with Crippen LogP contribution in [-0.2, 0) is 4.79 Å². The Morgan fingerprint density at radius 2 is 1.88 bits per heavy atom. The van der Waals surface area contributed by atoms with Crippen molar-refractivity contribution in [3.8, 4) is 0 Å². The molecule has 0 saturated carbocycles. The second-order valence-electron chi connectivity index (χ2n) is 6.16. The molecule has 1 saturated heterocycles. The third-order valence-corrected chi connectivity index (χ3v) is 5.08. The van der Waals surface area contributed by atoms with Gasteiger partial charge in [-0.25, -0.2) is 0 Å². The Morgan fingerprint density at radius 1 is 1.19 bits per heavy atom. The molecule has 2 aromatic rings. The maximum atomic E-state index is 12.5. The third-order valence-electron chi connectivity index (χ3n) is 4.17. The number of benzene rings is 1. The van der Waals surface area contributed by atoms with Crippen molar-refractivity contribution < 1.29 is 19.5 Å². The van der Waals surface area contributed by atoms with Crippen LogP contribution in [0.1, 0.15) is 38.0 Å². The molecular weight excluding hydrogens is 356 g/mol. The minimum Gasteiger partial charge on any atom is -0.481 e. The number of carbonyl (C=O) groups is 3. The Labute approximate surface area is 153 Å². The number of piperidine rings is 1. The number of rotatable bonds is 4. The first-order valence-corrected chi connectivity index (χ1v) is 8.99. The lowest BCUT2D eigenvalue weighted by atomic mass is 9.98. The number of aromatic nitrogens is 2. The number of aryl methyl sites for hydroxylation is 1. The van der Waals surface area contributed by atoms with Gasteiger partial charge in [-0.05, 0) is 31.9 Å². The van der Waals surface area contributed by atoms with Crippen LogP contribution in [0, 0.1) is 12.8 Å². The van der Waals surface area contributed by atoms with Crippen LogP contribution in [0.3, 0.4) is 0 Å². The van der Waals surface area contributed by atoms with Gasteiger partial charge in [0.15, 0.2) is 0 Å². The number of nitrogens with zero attached hydrogens (tertiary/aromatic N) is 3. The molecule has 1 aromatic carbocycles. The number of hydrogen-bond acceptors (Lipinski definition) is 6. The fourth-order valence-corrected chi connectivity index (χ4v) is 3.43. The number of amides is 2. The highest BCUT2D eigenvalue weighted by atomic mass is 32.1. The minimum absolute atomic E-state index is 0.0840. The topological polar surface area (TPSA) is 112 Å². The summed E-state index contributed by atoms with van der Waals surface area (Å²) in [6, 6.07) is 7.31. The predicted molar refractivity (Wildman–Crippen MR) is 95.3 cm³/mol.